The van der Waals surface area contributed by atoms with Crippen LogP contribution >= 0.6 is 0 Å². The molecule has 2 heteroatoms. The monoisotopic (exact) mass is 154 g/mol. The van der Waals surface area contributed by atoms with Gasteiger partial charge in [0.25, 0.3) is 0 Å². The predicted octanol–water partition coefficient (Wildman–Crippen LogP) is 2.07. The highest BCUT2D eigenvalue weighted by molar-refractivity contribution is 5.58. The molecule has 0 aliphatic carbocycles. The Balaban J connectivity index is 3.34. The highest BCUT2D eigenvalue weighted by Crippen LogP contribution is 2.11. The molecule has 0 N–H and O–H groups in total. The number of benzene rings is 1. The minimum Gasteiger partial charge on any atom is -0.192 e. The quantitative estimate of drug-likeness (QED) is 0.621. The van der Waals surface area contributed by atoms with Crippen molar-refractivity contribution in [3.05, 3.63) is 41.5 Å². The van der Waals surface area contributed by atoms with Gasteiger partial charge in [-0.05, 0) is 23.8 Å². The SMILES string of the molecule is C=Cc1cc(C#N)ccc1C#N. The second-order valence-electron chi connectivity index (χ2n) is 2.23. The minimum atomic E-state index is 0.545. The fourth-order valence-corrected chi connectivity index (χ4v) is 0.903. The first-order chi connectivity index (χ1) is 5.81. The number of rotatable bonds is 1. The summed E-state index contributed by atoms with van der Waals surface area (Å²) in [6.45, 7) is 3.55. The van der Waals surface area contributed by atoms with Crippen LogP contribution in [-0.4, -0.2) is 0 Å². The van der Waals surface area contributed by atoms with E-state index in [-0.39, 0.29) is 0 Å². The van der Waals surface area contributed by atoms with Gasteiger partial charge in [0.15, 0.2) is 0 Å². The van der Waals surface area contributed by atoms with E-state index in [1.54, 1.807) is 24.3 Å². The first-order valence-corrected chi connectivity index (χ1v) is 3.38. The Labute approximate surface area is 71.0 Å². The van der Waals surface area contributed by atoms with Gasteiger partial charge >= 0.3 is 0 Å². The molecule has 0 radical (unpaired) electrons. The van der Waals surface area contributed by atoms with Crippen LogP contribution in [0.1, 0.15) is 16.7 Å². The first kappa shape index (κ1) is 8.04. The Morgan fingerprint density at radius 3 is 2.50 bits per heavy atom. The summed E-state index contributed by atoms with van der Waals surface area (Å²) < 4.78 is 0. The average molecular weight is 154 g/mol. The average Bonchev–Trinajstić information content (AvgIpc) is 2.16. The summed E-state index contributed by atoms with van der Waals surface area (Å²) in [4.78, 5) is 0. The van der Waals surface area contributed by atoms with Crippen molar-refractivity contribution in [1.29, 1.82) is 10.5 Å². The molecule has 0 aliphatic heterocycles. The predicted molar refractivity (Wildman–Crippen MR) is 46.0 cm³/mol. The van der Waals surface area contributed by atoms with Gasteiger partial charge in [-0.2, -0.15) is 10.5 Å². The Morgan fingerprint density at radius 1 is 1.25 bits per heavy atom. The Kier molecular flexibility index (Phi) is 2.26. The number of nitrogens with zero attached hydrogens (tertiary/aromatic N) is 2. The van der Waals surface area contributed by atoms with Crippen molar-refractivity contribution in [2.45, 2.75) is 0 Å². The van der Waals surface area contributed by atoms with Crippen molar-refractivity contribution in [3.8, 4) is 12.1 Å². The topological polar surface area (TPSA) is 47.6 Å². The molecular formula is C10H6N2. The third kappa shape index (κ3) is 1.33. The molecule has 1 rings (SSSR count). The lowest BCUT2D eigenvalue weighted by Crippen LogP contribution is -1.83. The molecule has 1 aromatic carbocycles. The van der Waals surface area contributed by atoms with E-state index in [9.17, 15) is 0 Å². The lowest BCUT2D eigenvalue weighted by Gasteiger charge is -1.96. The van der Waals surface area contributed by atoms with Gasteiger partial charge in [-0.25, -0.2) is 0 Å². The zero-order valence-electron chi connectivity index (χ0n) is 6.41. The maximum absolute atomic E-state index is 8.63. The Hall–Kier alpha value is -2.06. The third-order valence-electron chi connectivity index (χ3n) is 1.52. The van der Waals surface area contributed by atoms with Gasteiger partial charge in [-0.3, -0.25) is 0 Å². The van der Waals surface area contributed by atoms with Crippen molar-refractivity contribution in [2.24, 2.45) is 0 Å². The highest BCUT2D eigenvalue weighted by Gasteiger charge is 1.98. The molecule has 0 aliphatic rings. The van der Waals surface area contributed by atoms with E-state index in [1.165, 1.54) is 0 Å². The molecule has 0 atom stereocenters. The molecule has 1 aromatic rings. The summed E-state index contributed by atoms with van der Waals surface area (Å²) in [7, 11) is 0. The van der Waals surface area contributed by atoms with Crippen LogP contribution < -0.4 is 0 Å². The van der Waals surface area contributed by atoms with Gasteiger partial charge in [0.1, 0.15) is 0 Å². The molecule has 0 saturated heterocycles. The molecule has 0 heterocycles. The second kappa shape index (κ2) is 3.37. The smallest absolute Gasteiger partial charge is 0.0997 e. The normalized spacial score (nSPS) is 8.17. The summed E-state index contributed by atoms with van der Waals surface area (Å²) in [5.41, 5.74) is 1.80. The minimum absolute atomic E-state index is 0.545. The Morgan fingerprint density at radius 2 is 2.00 bits per heavy atom. The number of nitriles is 2. The van der Waals surface area contributed by atoms with Gasteiger partial charge in [0.2, 0.25) is 0 Å². The van der Waals surface area contributed by atoms with E-state index in [0.717, 1.165) is 0 Å². The van der Waals surface area contributed by atoms with Crippen LogP contribution in [0.2, 0.25) is 0 Å². The van der Waals surface area contributed by atoms with Gasteiger partial charge < -0.3 is 0 Å². The van der Waals surface area contributed by atoms with E-state index in [4.69, 9.17) is 10.5 Å². The van der Waals surface area contributed by atoms with Crippen LogP contribution in [0.25, 0.3) is 6.08 Å². The van der Waals surface area contributed by atoms with Gasteiger partial charge in [0, 0.05) is 0 Å². The molecule has 0 unspecified atom stereocenters. The zero-order valence-corrected chi connectivity index (χ0v) is 6.41. The van der Waals surface area contributed by atoms with E-state index >= 15 is 0 Å². The third-order valence-corrected chi connectivity index (χ3v) is 1.52. The molecule has 12 heavy (non-hydrogen) atoms. The number of hydrogen-bond donors (Lipinski definition) is 0. The van der Waals surface area contributed by atoms with Gasteiger partial charge in [-0.1, -0.05) is 12.7 Å². The van der Waals surface area contributed by atoms with Crippen molar-refractivity contribution in [2.75, 3.05) is 0 Å². The second-order valence-corrected chi connectivity index (χ2v) is 2.23. The molecule has 56 valence electrons. The van der Waals surface area contributed by atoms with Crippen molar-refractivity contribution in [1.82, 2.24) is 0 Å². The maximum Gasteiger partial charge on any atom is 0.0997 e. The highest BCUT2D eigenvalue weighted by atomic mass is 14.3. The van der Waals surface area contributed by atoms with Crippen LogP contribution in [0.15, 0.2) is 24.8 Å². The van der Waals surface area contributed by atoms with E-state index in [2.05, 4.69) is 6.58 Å². The molecule has 0 amide bonds. The van der Waals surface area contributed by atoms with E-state index in [0.29, 0.717) is 16.7 Å². The summed E-state index contributed by atoms with van der Waals surface area (Å²) in [5.74, 6) is 0. The lowest BCUT2D eigenvalue weighted by atomic mass is 10.1. The summed E-state index contributed by atoms with van der Waals surface area (Å²) in [6.07, 6.45) is 1.57. The van der Waals surface area contributed by atoms with Crippen LogP contribution in [-0.2, 0) is 0 Å². The number of hydrogen-bond acceptors (Lipinski definition) is 2. The fourth-order valence-electron chi connectivity index (χ4n) is 0.903. The fraction of sp³-hybridized carbons (Fsp3) is 0. The molecule has 0 bridgehead atoms. The van der Waals surface area contributed by atoms with Crippen LogP contribution in [0, 0.1) is 22.7 Å². The Bertz CT molecular complexity index is 391. The van der Waals surface area contributed by atoms with Crippen LogP contribution in [0.3, 0.4) is 0 Å². The van der Waals surface area contributed by atoms with Gasteiger partial charge in [-0.15, -0.1) is 0 Å². The molecule has 0 spiro atoms. The standard InChI is InChI=1S/C10H6N2/c1-2-9-5-8(6-11)3-4-10(9)7-12/h2-5H,1H2. The van der Waals surface area contributed by atoms with E-state index in [1.807, 2.05) is 12.1 Å². The molecule has 0 saturated carbocycles. The molecular weight excluding hydrogens is 148 g/mol. The largest absolute Gasteiger partial charge is 0.192 e. The lowest BCUT2D eigenvalue weighted by molar-refractivity contribution is 1.44. The van der Waals surface area contributed by atoms with Crippen molar-refractivity contribution >= 4 is 6.08 Å². The van der Waals surface area contributed by atoms with Crippen molar-refractivity contribution < 1.29 is 0 Å². The van der Waals surface area contributed by atoms with Crippen molar-refractivity contribution in [3.63, 3.8) is 0 Å². The zero-order chi connectivity index (χ0) is 8.97. The molecule has 0 fully saturated rings. The van der Waals surface area contributed by atoms with Gasteiger partial charge in [0.05, 0.1) is 23.3 Å². The molecule has 0 aromatic heterocycles. The van der Waals surface area contributed by atoms with Crippen LogP contribution in [0.4, 0.5) is 0 Å². The summed E-state index contributed by atoms with van der Waals surface area (Å²) >= 11 is 0. The first-order valence-electron chi connectivity index (χ1n) is 3.38. The molecule has 2 nitrogen and oxygen atoms in total. The summed E-state index contributed by atoms with van der Waals surface area (Å²) in [5, 5.41) is 17.2. The van der Waals surface area contributed by atoms with E-state index < -0.39 is 0 Å². The maximum atomic E-state index is 8.63. The van der Waals surface area contributed by atoms with Crippen LogP contribution in [0.5, 0.6) is 0 Å². The summed E-state index contributed by atoms with van der Waals surface area (Å²) in [6, 6.07) is 8.89.